The van der Waals surface area contributed by atoms with Crippen LogP contribution in [0.15, 0.2) is 47.1 Å². The molecule has 0 spiro atoms. The van der Waals surface area contributed by atoms with E-state index in [2.05, 4.69) is 5.32 Å². The van der Waals surface area contributed by atoms with Crippen molar-refractivity contribution in [1.82, 2.24) is 5.32 Å². The topological polar surface area (TPSA) is 62.5 Å². The van der Waals surface area contributed by atoms with Crippen molar-refractivity contribution in [2.75, 3.05) is 6.54 Å². The maximum Gasteiger partial charge on any atom is 0.287 e. The molecule has 0 aliphatic heterocycles. The highest BCUT2D eigenvalue weighted by Gasteiger charge is 2.12. The molecule has 1 aromatic carbocycles. The van der Waals surface area contributed by atoms with Gasteiger partial charge in [0.15, 0.2) is 5.76 Å². The van der Waals surface area contributed by atoms with Gasteiger partial charge in [0.05, 0.1) is 12.4 Å². The summed E-state index contributed by atoms with van der Waals surface area (Å²) in [5, 5.41) is 12.3. The van der Waals surface area contributed by atoms with Gasteiger partial charge in [-0.2, -0.15) is 0 Å². The average molecular weight is 249 g/mol. The number of carbonyl (C=O) groups is 1. The van der Waals surface area contributed by atoms with E-state index in [4.69, 9.17) is 4.42 Å². The highest BCUT2D eigenvalue weighted by atomic mass is 19.1. The predicted molar refractivity (Wildman–Crippen MR) is 62.4 cm³/mol. The second-order valence-corrected chi connectivity index (χ2v) is 3.75. The van der Waals surface area contributed by atoms with Crippen molar-refractivity contribution in [2.24, 2.45) is 0 Å². The van der Waals surface area contributed by atoms with Crippen LogP contribution >= 0.6 is 0 Å². The first kappa shape index (κ1) is 12.3. The number of aliphatic hydroxyl groups excluding tert-OH is 1. The van der Waals surface area contributed by atoms with E-state index in [1.165, 1.54) is 36.6 Å². The highest BCUT2D eigenvalue weighted by Crippen LogP contribution is 2.12. The van der Waals surface area contributed by atoms with E-state index < -0.39 is 12.0 Å². The van der Waals surface area contributed by atoms with E-state index in [0.29, 0.717) is 5.56 Å². The lowest BCUT2D eigenvalue weighted by atomic mass is 10.1. The minimum absolute atomic E-state index is 0.0329. The monoisotopic (exact) mass is 249 g/mol. The summed E-state index contributed by atoms with van der Waals surface area (Å²) >= 11 is 0. The van der Waals surface area contributed by atoms with Crippen LogP contribution in [-0.4, -0.2) is 17.6 Å². The van der Waals surface area contributed by atoms with Gasteiger partial charge in [-0.25, -0.2) is 4.39 Å². The van der Waals surface area contributed by atoms with Crippen LogP contribution in [0, 0.1) is 5.82 Å². The summed E-state index contributed by atoms with van der Waals surface area (Å²) in [6.45, 7) is 0.0329. The van der Waals surface area contributed by atoms with Crippen LogP contribution in [-0.2, 0) is 0 Å². The smallest absolute Gasteiger partial charge is 0.287 e. The first-order valence-corrected chi connectivity index (χ1v) is 5.42. The summed E-state index contributed by atoms with van der Waals surface area (Å²) in [7, 11) is 0. The maximum atomic E-state index is 12.7. The van der Waals surface area contributed by atoms with Gasteiger partial charge in [0, 0.05) is 6.54 Å². The molecule has 2 rings (SSSR count). The van der Waals surface area contributed by atoms with E-state index in [0.717, 1.165) is 0 Å². The normalized spacial score (nSPS) is 12.1. The molecule has 0 aliphatic rings. The van der Waals surface area contributed by atoms with Crippen LogP contribution < -0.4 is 5.32 Å². The SMILES string of the molecule is O=C(NCC(O)c1ccc(F)cc1)c1ccco1. The van der Waals surface area contributed by atoms with Crippen molar-refractivity contribution in [2.45, 2.75) is 6.10 Å². The number of aliphatic hydroxyl groups is 1. The molecular formula is C13H12FNO3. The minimum atomic E-state index is -0.885. The fourth-order valence-corrected chi connectivity index (χ4v) is 1.49. The summed E-state index contributed by atoms with van der Waals surface area (Å²) in [6.07, 6.45) is 0.509. The van der Waals surface area contributed by atoms with E-state index in [9.17, 15) is 14.3 Å². The Balaban J connectivity index is 1.90. The molecule has 5 heteroatoms. The number of nitrogens with one attached hydrogen (secondary N) is 1. The Morgan fingerprint density at radius 3 is 2.67 bits per heavy atom. The van der Waals surface area contributed by atoms with Crippen molar-refractivity contribution >= 4 is 5.91 Å². The average Bonchev–Trinajstić information content (AvgIpc) is 2.90. The Morgan fingerprint density at radius 1 is 1.33 bits per heavy atom. The molecule has 94 valence electrons. The molecule has 0 aliphatic carbocycles. The van der Waals surface area contributed by atoms with Crippen LogP contribution in [0.3, 0.4) is 0 Å². The number of benzene rings is 1. The Bertz CT molecular complexity index is 508. The van der Waals surface area contributed by atoms with E-state index >= 15 is 0 Å². The van der Waals surface area contributed by atoms with Gasteiger partial charge in [0.1, 0.15) is 5.82 Å². The quantitative estimate of drug-likeness (QED) is 0.869. The van der Waals surface area contributed by atoms with Gasteiger partial charge in [-0.1, -0.05) is 12.1 Å². The molecule has 1 atom stereocenters. The van der Waals surface area contributed by atoms with Crippen LogP contribution in [0.25, 0.3) is 0 Å². The summed E-state index contributed by atoms with van der Waals surface area (Å²) < 4.78 is 17.6. The number of hydrogen-bond donors (Lipinski definition) is 2. The molecule has 1 aromatic heterocycles. The zero-order chi connectivity index (χ0) is 13.0. The van der Waals surface area contributed by atoms with Crippen molar-refractivity contribution < 1.29 is 18.7 Å². The Morgan fingerprint density at radius 2 is 2.06 bits per heavy atom. The van der Waals surface area contributed by atoms with Gasteiger partial charge >= 0.3 is 0 Å². The number of amides is 1. The lowest BCUT2D eigenvalue weighted by Gasteiger charge is -2.11. The van der Waals surface area contributed by atoms with Gasteiger partial charge in [0.2, 0.25) is 0 Å². The van der Waals surface area contributed by atoms with E-state index in [-0.39, 0.29) is 18.1 Å². The van der Waals surface area contributed by atoms with Gasteiger partial charge in [-0.05, 0) is 29.8 Å². The zero-order valence-corrected chi connectivity index (χ0v) is 9.47. The second kappa shape index (κ2) is 5.46. The van der Waals surface area contributed by atoms with Crippen molar-refractivity contribution in [3.63, 3.8) is 0 Å². The molecule has 18 heavy (non-hydrogen) atoms. The van der Waals surface area contributed by atoms with Gasteiger partial charge < -0.3 is 14.8 Å². The van der Waals surface area contributed by atoms with Crippen molar-refractivity contribution in [1.29, 1.82) is 0 Å². The molecule has 1 amide bonds. The Hall–Kier alpha value is -2.14. The summed E-state index contributed by atoms with van der Waals surface area (Å²) in [4.78, 5) is 11.5. The van der Waals surface area contributed by atoms with Gasteiger partial charge in [-0.15, -0.1) is 0 Å². The third-order valence-corrected chi connectivity index (χ3v) is 2.46. The molecule has 0 radical (unpaired) electrons. The summed E-state index contributed by atoms with van der Waals surface area (Å²) in [5.41, 5.74) is 0.538. The predicted octanol–water partition coefficient (Wildman–Crippen LogP) is 1.88. The Kier molecular flexibility index (Phi) is 3.74. The number of hydrogen-bond acceptors (Lipinski definition) is 3. The number of rotatable bonds is 4. The van der Waals surface area contributed by atoms with Crippen LogP contribution in [0.1, 0.15) is 22.2 Å². The summed E-state index contributed by atoms with van der Waals surface area (Å²) in [5.74, 6) is -0.590. The molecule has 1 heterocycles. The lowest BCUT2D eigenvalue weighted by Crippen LogP contribution is -2.28. The molecule has 2 N–H and O–H groups in total. The number of furan rings is 1. The first-order valence-electron chi connectivity index (χ1n) is 5.42. The summed E-state index contributed by atoms with van der Waals surface area (Å²) in [6, 6.07) is 8.59. The minimum Gasteiger partial charge on any atom is -0.459 e. The Labute approximate surface area is 103 Å². The van der Waals surface area contributed by atoms with E-state index in [1.807, 2.05) is 0 Å². The molecule has 0 saturated carbocycles. The standard InChI is InChI=1S/C13H12FNO3/c14-10-5-3-9(4-6-10)11(16)8-15-13(17)12-2-1-7-18-12/h1-7,11,16H,8H2,(H,15,17). The highest BCUT2D eigenvalue weighted by molar-refractivity contribution is 5.91. The van der Waals surface area contributed by atoms with Crippen LogP contribution in [0.5, 0.6) is 0 Å². The number of halogens is 1. The van der Waals surface area contributed by atoms with Crippen LogP contribution in [0.4, 0.5) is 4.39 Å². The fourth-order valence-electron chi connectivity index (χ4n) is 1.49. The molecule has 0 bridgehead atoms. The fraction of sp³-hybridized carbons (Fsp3) is 0.154. The molecule has 2 aromatic rings. The molecule has 0 saturated heterocycles. The van der Waals surface area contributed by atoms with Crippen LogP contribution in [0.2, 0.25) is 0 Å². The largest absolute Gasteiger partial charge is 0.459 e. The third-order valence-electron chi connectivity index (χ3n) is 2.46. The van der Waals surface area contributed by atoms with E-state index in [1.54, 1.807) is 6.07 Å². The van der Waals surface area contributed by atoms with Crippen molar-refractivity contribution in [3.8, 4) is 0 Å². The molecule has 0 fully saturated rings. The lowest BCUT2D eigenvalue weighted by molar-refractivity contribution is 0.0889. The molecular weight excluding hydrogens is 237 g/mol. The van der Waals surface area contributed by atoms with Gasteiger partial charge in [0.25, 0.3) is 5.91 Å². The molecule has 1 unspecified atom stereocenters. The number of carbonyl (C=O) groups excluding carboxylic acids is 1. The van der Waals surface area contributed by atoms with Crippen molar-refractivity contribution in [3.05, 3.63) is 59.8 Å². The second-order valence-electron chi connectivity index (χ2n) is 3.75. The third kappa shape index (κ3) is 2.95. The van der Waals surface area contributed by atoms with Gasteiger partial charge in [-0.3, -0.25) is 4.79 Å². The first-order chi connectivity index (χ1) is 8.66. The zero-order valence-electron chi connectivity index (χ0n) is 9.47. The maximum absolute atomic E-state index is 12.7. The molecule has 4 nitrogen and oxygen atoms in total.